The summed E-state index contributed by atoms with van der Waals surface area (Å²) < 4.78 is 6.13. The van der Waals surface area contributed by atoms with Crippen molar-refractivity contribution in [3.05, 3.63) is 28.2 Å². The zero-order chi connectivity index (χ0) is 10.4. The van der Waals surface area contributed by atoms with Gasteiger partial charge in [-0.2, -0.15) is 0 Å². The van der Waals surface area contributed by atoms with Crippen LogP contribution in [0.2, 0.25) is 0 Å². The Kier molecular flexibility index (Phi) is 4.98. The van der Waals surface area contributed by atoms with E-state index in [9.17, 15) is 0 Å². The summed E-state index contributed by atoms with van der Waals surface area (Å²) >= 11 is 3.47. The molecule has 0 heterocycles. The zero-order valence-corrected chi connectivity index (χ0v) is 10.2. The van der Waals surface area contributed by atoms with Gasteiger partial charge in [-0.3, -0.25) is 0 Å². The van der Waals surface area contributed by atoms with E-state index in [4.69, 9.17) is 4.74 Å². The number of hydrogen-bond acceptors (Lipinski definition) is 2. The molecule has 1 rings (SSSR count). The van der Waals surface area contributed by atoms with Gasteiger partial charge in [-0.15, -0.1) is 0 Å². The summed E-state index contributed by atoms with van der Waals surface area (Å²) in [4.78, 5) is 0. The highest BCUT2D eigenvalue weighted by Crippen LogP contribution is 2.19. The van der Waals surface area contributed by atoms with Gasteiger partial charge in [-0.05, 0) is 37.1 Å². The van der Waals surface area contributed by atoms with Crippen LogP contribution in [-0.2, 0) is 4.74 Å². The largest absolute Gasteiger partial charge is 0.385 e. The molecule has 0 saturated heterocycles. The second-order valence-corrected chi connectivity index (χ2v) is 4.09. The summed E-state index contributed by atoms with van der Waals surface area (Å²) in [6.45, 7) is 3.85. The number of aryl methyl sites for hydroxylation is 1. The summed E-state index contributed by atoms with van der Waals surface area (Å²) in [5.74, 6) is 0. The quantitative estimate of drug-likeness (QED) is 0.819. The minimum atomic E-state index is 0.808. The molecule has 0 fully saturated rings. The molecule has 1 N–H and O–H groups in total. The Bertz CT molecular complexity index is 289. The third kappa shape index (κ3) is 3.68. The number of hydrogen-bond donors (Lipinski definition) is 1. The topological polar surface area (TPSA) is 21.3 Å². The van der Waals surface area contributed by atoms with E-state index in [-0.39, 0.29) is 0 Å². The van der Waals surface area contributed by atoms with Gasteiger partial charge < -0.3 is 10.1 Å². The van der Waals surface area contributed by atoms with Gasteiger partial charge in [0.2, 0.25) is 0 Å². The third-order valence-corrected chi connectivity index (χ3v) is 2.90. The van der Waals surface area contributed by atoms with Crippen LogP contribution in [0.15, 0.2) is 22.7 Å². The summed E-state index contributed by atoms with van der Waals surface area (Å²) in [6, 6.07) is 6.27. The van der Waals surface area contributed by atoms with Crippen molar-refractivity contribution in [3.8, 4) is 0 Å². The Balaban J connectivity index is 2.39. The molecule has 2 nitrogen and oxygen atoms in total. The number of methoxy groups -OCH3 is 1. The molecule has 0 spiro atoms. The summed E-state index contributed by atoms with van der Waals surface area (Å²) in [5.41, 5.74) is 2.42. The first-order valence-electron chi connectivity index (χ1n) is 4.73. The number of anilines is 1. The highest BCUT2D eigenvalue weighted by atomic mass is 79.9. The molecule has 0 atom stereocenters. The molecule has 0 aromatic heterocycles. The van der Waals surface area contributed by atoms with Crippen LogP contribution < -0.4 is 5.32 Å². The van der Waals surface area contributed by atoms with Gasteiger partial charge in [0.1, 0.15) is 0 Å². The fraction of sp³-hybridized carbons (Fsp3) is 0.455. The predicted molar refractivity (Wildman–Crippen MR) is 63.9 cm³/mol. The standard InChI is InChI=1S/C11H16BrNO/c1-9-8-10(4-5-11(9)12)13-6-3-7-14-2/h4-5,8,13H,3,6-7H2,1-2H3. The fourth-order valence-electron chi connectivity index (χ4n) is 1.20. The average molecular weight is 258 g/mol. The van der Waals surface area contributed by atoms with Crippen molar-refractivity contribution in [2.24, 2.45) is 0 Å². The first kappa shape index (κ1) is 11.5. The van der Waals surface area contributed by atoms with Crippen LogP contribution in [0.25, 0.3) is 0 Å². The van der Waals surface area contributed by atoms with Crippen LogP contribution in [-0.4, -0.2) is 20.3 Å². The summed E-state index contributed by atoms with van der Waals surface area (Å²) in [6.07, 6.45) is 1.03. The van der Waals surface area contributed by atoms with Gasteiger partial charge in [0.15, 0.2) is 0 Å². The molecule has 0 aliphatic carbocycles. The maximum atomic E-state index is 4.98. The lowest BCUT2D eigenvalue weighted by atomic mass is 10.2. The molecule has 1 aromatic carbocycles. The smallest absolute Gasteiger partial charge is 0.0479 e. The van der Waals surface area contributed by atoms with Gasteiger partial charge in [0.25, 0.3) is 0 Å². The van der Waals surface area contributed by atoms with E-state index in [2.05, 4.69) is 46.4 Å². The number of rotatable bonds is 5. The number of ether oxygens (including phenoxy) is 1. The first-order valence-corrected chi connectivity index (χ1v) is 5.52. The van der Waals surface area contributed by atoms with E-state index in [0.717, 1.165) is 24.0 Å². The molecular formula is C11H16BrNO. The Labute approximate surface area is 93.8 Å². The van der Waals surface area contributed by atoms with E-state index in [1.54, 1.807) is 7.11 Å². The molecular weight excluding hydrogens is 242 g/mol. The van der Waals surface area contributed by atoms with Crippen molar-refractivity contribution >= 4 is 21.6 Å². The zero-order valence-electron chi connectivity index (χ0n) is 8.64. The predicted octanol–water partition coefficient (Wildman–Crippen LogP) is 3.21. The second-order valence-electron chi connectivity index (χ2n) is 3.24. The minimum Gasteiger partial charge on any atom is -0.385 e. The van der Waals surface area contributed by atoms with Crippen LogP contribution >= 0.6 is 15.9 Å². The van der Waals surface area contributed by atoms with Gasteiger partial charge in [0.05, 0.1) is 0 Å². The van der Waals surface area contributed by atoms with Gasteiger partial charge >= 0.3 is 0 Å². The highest BCUT2D eigenvalue weighted by Gasteiger charge is 1.96. The van der Waals surface area contributed by atoms with E-state index in [1.807, 2.05) is 0 Å². The molecule has 0 radical (unpaired) electrons. The molecule has 78 valence electrons. The molecule has 0 aliphatic heterocycles. The van der Waals surface area contributed by atoms with Crippen molar-refractivity contribution in [3.63, 3.8) is 0 Å². The Morgan fingerprint density at radius 1 is 1.43 bits per heavy atom. The van der Waals surface area contributed by atoms with Crippen molar-refractivity contribution < 1.29 is 4.74 Å². The monoisotopic (exact) mass is 257 g/mol. The van der Waals surface area contributed by atoms with Crippen LogP contribution in [0.4, 0.5) is 5.69 Å². The Morgan fingerprint density at radius 3 is 2.86 bits per heavy atom. The molecule has 3 heteroatoms. The van der Waals surface area contributed by atoms with E-state index in [1.165, 1.54) is 11.3 Å². The van der Waals surface area contributed by atoms with E-state index >= 15 is 0 Å². The lowest BCUT2D eigenvalue weighted by molar-refractivity contribution is 0.198. The van der Waals surface area contributed by atoms with E-state index in [0.29, 0.717) is 0 Å². The summed E-state index contributed by atoms with van der Waals surface area (Å²) in [5, 5.41) is 3.35. The van der Waals surface area contributed by atoms with Crippen LogP contribution in [0, 0.1) is 6.92 Å². The highest BCUT2D eigenvalue weighted by molar-refractivity contribution is 9.10. The normalized spacial score (nSPS) is 10.2. The van der Waals surface area contributed by atoms with Crippen LogP contribution in [0.5, 0.6) is 0 Å². The summed E-state index contributed by atoms with van der Waals surface area (Å²) in [7, 11) is 1.73. The number of benzene rings is 1. The molecule has 0 aliphatic rings. The fourth-order valence-corrected chi connectivity index (χ4v) is 1.45. The second kappa shape index (κ2) is 6.04. The van der Waals surface area contributed by atoms with Gasteiger partial charge in [-0.25, -0.2) is 0 Å². The number of halogens is 1. The molecule has 0 amide bonds. The van der Waals surface area contributed by atoms with Gasteiger partial charge in [0, 0.05) is 30.4 Å². The van der Waals surface area contributed by atoms with Crippen molar-refractivity contribution in [1.29, 1.82) is 0 Å². The molecule has 0 saturated carbocycles. The van der Waals surface area contributed by atoms with E-state index < -0.39 is 0 Å². The van der Waals surface area contributed by atoms with Crippen LogP contribution in [0.1, 0.15) is 12.0 Å². The van der Waals surface area contributed by atoms with Gasteiger partial charge in [-0.1, -0.05) is 15.9 Å². The van der Waals surface area contributed by atoms with Crippen LogP contribution in [0.3, 0.4) is 0 Å². The SMILES string of the molecule is COCCCNc1ccc(Br)c(C)c1. The lowest BCUT2D eigenvalue weighted by Gasteiger charge is -2.07. The Morgan fingerprint density at radius 2 is 2.21 bits per heavy atom. The average Bonchev–Trinajstić information content (AvgIpc) is 2.18. The molecule has 1 aromatic rings. The Hall–Kier alpha value is -0.540. The maximum Gasteiger partial charge on any atom is 0.0479 e. The van der Waals surface area contributed by atoms with Crippen molar-refractivity contribution in [2.45, 2.75) is 13.3 Å². The third-order valence-electron chi connectivity index (χ3n) is 2.01. The molecule has 0 bridgehead atoms. The number of nitrogens with one attached hydrogen (secondary N) is 1. The van der Waals surface area contributed by atoms with Crippen molar-refractivity contribution in [2.75, 3.05) is 25.6 Å². The lowest BCUT2D eigenvalue weighted by Crippen LogP contribution is -2.04. The maximum absolute atomic E-state index is 4.98. The van der Waals surface area contributed by atoms with Crippen molar-refractivity contribution in [1.82, 2.24) is 0 Å². The molecule has 0 unspecified atom stereocenters. The minimum absolute atomic E-state index is 0.808. The molecule has 14 heavy (non-hydrogen) atoms. The first-order chi connectivity index (χ1) is 6.74.